The Bertz CT molecular complexity index is 835. The van der Waals surface area contributed by atoms with Crippen molar-refractivity contribution >= 4 is 23.9 Å². The molecule has 2 aromatic carbocycles. The van der Waals surface area contributed by atoms with Crippen LogP contribution >= 0.6 is 0 Å². The third-order valence-electron chi connectivity index (χ3n) is 4.17. The second kappa shape index (κ2) is 6.70. The van der Waals surface area contributed by atoms with E-state index in [-0.39, 0.29) is 6.03 Å². The van der Waals surface area contributed by atoms with E-state index in [1.807, 2.05) is 6.92 Å². The van der Waals surface area contributed by atoms with Crippen molar-refractivity contribution in [3.63, 3.8) is 0 Å². The van der Waals surface area contributed by atoms with Gasteiger partial charge in [0.25, 0.3) is 6.47 Å². The lowest BCUT2D eigenvalue weighted by Crippen LogP contribution is -2.32. The average Bonchev–Trinajstić information content (AvgIpc) is 2.97. The Morgan fingerprint density at radius 1 is 1.04 bits per heavy atom. The normalized spacial score (nSPS) is 14.7. The maximum Gasteiger partial charge on any atom is 0.416 e. The molecular formula is C18H15F3N2O3. The molecule has 1 fully saturated rings. The molecule has 1 aliphatic rings. The summed E-state index contributed by atoms with van der Waals surface area (Å²) in [6.07, 6.45) is -4.42. The van der Waals surface area contributed by atoms with Crippen LogP contribution in [0.5, 0.6) is 5.75 Å². The molecule has 1 saturated heterocycles. The minimum Gasteiger partial charge on any atom is -0.429 e. The number of anilines is 2. The molecule has 0 radical (unpaired) electrons. The Hall–Kier alpha value is -3.03. The third-order valence-corrected chi connectivity index (χ3v) is 4.17. The van der Waals surface area contributed by atoms with Crippen LogP contribution in [0.1, 0.15) is 11.1 Å². The van der Waals surface area contributed by atoms with Gasteiger partial charge in [0.1, 0.15) is 5.75 Å². The predicted molar refractivity (Wildman–Crippen MR) is 89.4 cm³/mol. The number of hydrogen-bond donors (Lipinski definition) is 0. The lowest BCUT2D eigenvalue weighted by molar-refractivity contribution is -0.137. The van der Waals surface area contributed by atoms with Crippen LogP contribution in [0.25, 0.3) is 0 Å². The Kier molecular flexibility index (Phi) is 4.58. The van der Waals surface area contributed by atoms with Crippen LogP contribution in [-0.4, -0.2) is 25.6 Å². The summed E-state index contributed by atoms with van der Waals surface area (Å²) in [5.41, 5.74) is 1.03. The molecule has 26 heavy (non-hydrogen) atoms. The number of urea groups is 1. The number of halogens is 3. The van der Waals surface area contributed by atoms with Crippen molar-refractivity contribution in [2.75, 3.05) is 22.9 Å². The fourth-order valence-corrected chi connectivity index (χ4v) is 2.84. The number of aryl methyl sites for hydroxylation is 1. The molecule has 136 valence electrons. The van der Waals surface area contributed by atoms with E-state index >= 15 is 0 Å². The highest BCUT2D eigenvalue weighted by atomic mass is 19.4. The minimum atomic E-state index is -4.42. The molecule has 0 N–H and O–H groups in total. The van der Waals surface area contributed by atoms with Gasteiger partial charge in [-0.3, -0.25) is 14.6 Å². The van der Waals surface area contributed by atoms with Crippen molar-refractivity contribution in [2.24, 2.45) is 0 Å². The molecule has 0 bridgehead atoms. The summed E-state index contributed by atoms with van der Waals surface area (Å²) in [4.78, 5) is 26.1. The van der Waals surface area contributed by atoms with E-state index in [9.17, 15) is 22.8 Å². The molecule has 3 rings (SSSR count). The molecule has 8 heteroatoms. The summed E-state index contributed by atoms with van der Waals surface area (Å²) in [6, 6.07) is 9.04. The summed E-state index contributed by atoms with van der Waals surface area (Å²) in [6.45, 7) is 2.82. The number of amides is 2. The van der Waals surface area contributed by atoms with Gasteiger partial charge in [0.15, 0.2) is 0 Å². The van der Waals surface area contributed by atoms with E-state index in [1.165, 1.54) is 21.9 Å². The molecule has 0 aliphatic carbocycles. The first-order chi connectivity index (χ1) is 12.3. The molecule has 1 heterocycles. The minimum absolute atomic E-state index is 0.300. The summed E-state index contributed by atoms with van der Waals surface area (Å²) < 4.78 is 42.8. The largest absolute Gasteiger partial charge is 0.429 e. The van der Waals surface area contributed by atoms with Crippen molar-refractivity contribution in [3.8, 4) is 5.75 Å². The van der Waals surface area contributed by atoms with Crippen molar-refractivity contribution in [1.29, 1.82) is 0 Å². The van der Waals surface area contributed by atoms with Gasteiger partial charge in [-0.25, -0.2) is 4.79 Å². The van der Waals surface area contributed by atoms with Gasteiger partial charge in [0.05, 0.1) is 11.3 Å². The summed E-state index contributed by atoms with van der Waals surface area (Å²) >= 11 is 0. The number of ether oxygens (including phenoxy) is 1. The highest BCUT2D eigenvalue weighted by molar-refractivity contribution is 6.06. The maximum absolute atomic E-state index is 12.7. The first kappa shape index (κ1) is 17.8. The van der Waals surface area contributed by atoms with E-state index in [0.717, 1.165) is 17.7 Å². The number of alkyl halides is 3. The van der Waals surface area contributed by atoms with Gasteiger partial charge >= 0.3 is 12.2 Å². The fraction of sp³-hybridized carbons (Fsp3) is 0.222. The number of rotatable bonds is 4. The quantitative estimate of drug-likeness (QED) is 0.771. The summed E-state index contributed by atoms with van der Waals surface area (Å²) in [5, 5.41) is 0. The zero-order valence-electron chi connectivity index (χ0n) is 13.8. The van der Waals surface area contributed by atoms with Crippen LogP contribution < -0.4 is 14.5 Å². The van der Waals surface area contributed by atoms with Crippen LogP contribution in [0.3, 0.4) is 0 Å². The predicted octanol–water partition coefficient (Wildman–Crippen LogP) is 4.00. The van der Waals surface area contributed by atoms with Gasteiger partial charge in [0.2, 0.25) is 0 Å². The van der Waals surface area contributed by atoms with Gasteiger partial charge in [0, 0.05) is 24.8 Å². The van der Waals surface area contributed by atoms with Gasteiger partial charge in [-0.05, 0) is 42.8 Å². The molecule has 0 aromatic heterocycles. The van der Waals surface area contributed by atoms with E-state index in [0.29, 0.717) is 36.7 Å². The van der Waals surface area contributed by atoms with Gasteiger partial charge < -0.3 is 4.74 Å². The van der Waals surface area contributed by atoms with Crippen LogP contribution in [0.15, 0.2) is 42.5 Å². The molecule has 5 nitrogen and oxygen atoms in total. The summed E-state index contributed by atoms with van der Waals surface area (Å²) in [7, 11) is 0. The van der Waals surface area contributed by atoms with Gasteiger partial charge in [-0.1, -0.05) is 6.07 Å². The first-order valence-electron chi connectivity index (χ1n) is 7.78. The van der Waals surface area contributed by atoms with Crippen LogP contribution in [0.2, 0.25) is 0 Å². The smallest absolute Gasteiger partial charge is 0.416 e. The zero-order valence-corrected chi connectivity index (χ0v) is 13.8. The standard InChI is InChI=1S/C18H15F3N2O3/c1-12-2-7-15(26-11-24)10-16(12)23-9-8-22(17(23)25)14-5-3-13(4-6-14)18(19,20)21/h2-7,10-11H,8-9H2,1H3. The molecule has 0 spiro atoms. The Morgan fingerprint density at radius 3 is 2.31 bits per heavy atom. The molecule has 1 aliphatic heterocycles. The maximum atomic E-state index is 12.7. The molecular weight excluding hydrogens is 349 g/mol. The number of benzene rings is 2. The highest BCUT2D eigenvalue weighted by Gasteiger charge is 2.33. The Labute approximate surface area is 147 Å². The van der Waals surface area contributed by atoms with Crippen LogP contribution in [0.4, 0.5) is 29.3 Å². The molecule has 0 unspecified atom stereocenters. The molecule has 2 amide bonds. The van der Waals surface area contributed by atoms with Crippen LogP contribution in [0, 0.1) is 6.92 Å². The van der Waals surface area contributed by atoms with E-state index in [4.69, 9.17) is 4.74 Å². The zero-order chi connectivity index (χ0) is 18.9. The topological polar surface area (TPSA) is 49.9 Å². The average molecular weight is 364 g/mol. The number of nitrogens with zero attached hydrogens (tertiary/aromatic N) is 2. The van der Waals surface area contributed by atoms with Crippen molar-refractivity contribution in [3.05, 3.63) is 53.6 Å². The number of carbonyl (C=O) groups excluding carboxylic acids is 2. The molecule has 0 atom stereocenters. The van der Waals surface area contributed by atoms with Crippen molar-refractivity contribution < 1.29 is 27.5 Å². The van der Waals surface area contributed by atoms with Gasteiger partial charge in [-0.2, -0.15) is 13.2 Å². The first-order valence-corrected chi connectivity index (χ1v) is 7.78. The van der Waals surface area contributed by atoms with Crippen molar-refractivity contribution in [2.45, 2.75) is 13.1 Å². The Balaban J connectivity index is 1.84. The fourth-order valence-electron chi connectivity index (χ4n) is 2.84. The lowest BCUT2D eigenvalue weighted by atomic mass is 10.1. The van der Waals surface area contributed by atoms with Crippen molar-refractivity contribution in [1.82, 2.24) is 0 Å². The number of hydrogen-bond acceptors (Lipinski definition) is 3. The van der Waals surface area contributed by atoms with E-state index in [2.05, 4.69) is 0 Å². The molecule has 0 saturated carbocycles. The Morgan fingerprint density at radius 2 is 1.69 bits per heavy atom. The second-order valence-electron chi connectivity index (χ2n) is 5.79. The van der Waals surface area contributed by atoms with Crippen LogP contribution in [-0.2, 0) is 11.0 Å². The van der Waals surface area contributed by atoms with Gasteiger partial charge in [-0.15, -0.1) is 0 Å². The van der Waals surface area contributed by atoms with E-state index in [1.54, 1.807) is 18.2 Å². The monoisotopic (exact) mass is 364 g/mol. The summed E-state index contributed by atoms with van der Waals surface area (Å²) in [5.74, 6) is 0.307. The third kappa shape index (κ3) is 3.35. The lowest BCUT2D eigenvalue weighted by Gasteiger charge is -2.21. The second-order valence-corrected chi connectivity index (χ2v) is 5.79. The number of carbonyl (C=O) groups is 2. The highest BCUT2D eigenvalue weighted by Crippen LogP contribution is 2.33. The molecule has 2 aromatic rings. The SMILES string of the molecule is Cc1ccc(OC=O)cc1N1CCN(c2ccc(C(F)(F)F)cc2)C1=O. The van der Waals surface area contributed by atoms with E-state index < -0.39 is 11.7 Å².